The number of pyridine rings is 1. The number of hydrogen-bond acceptors (Lipinski definition) is 5. The van der Waals surface area contributed by atoms with Gasteiger partial charge < -0.3 is 14.8 Å². The molecule has 0 radical (unpaired) electrons. The second-order valence-corrected chi connectivity index (χ2v) is 5.95. The largest absolute Gasteiger partial charge is 0.497 e. The monoisotopic (exact) mass is 351 g/mol. The number of methoxy groups -OCH3 is 1. The summed E-state index contributed by atoms with van der Waals surface area (Å²) in [5, 5.41) is 24.8. The van der Waals surface area contributed by atoms with E-state index in [0.717, 1.165) is 11.3 Å². The summed E-state index contributed by atoms with van der Waals surface area (Å²) in [6, 6.07) is 11.6. The van der Waals surface area contributed by atoms with E-state index in [4.69, 9.17) is 4.74 Å². The van der Waals surface area contributed by atoms with Crippen LogP contribution in [0.25, 0.3) is 21.9 Å². The highest BCUT2D eigenvalue weighted by Crippen LogP contribution is 2.20. The van der Waals surface area contributed by atoms with Crippen LogP contribution in [-0.2, 0) is 6.54 Å². The Morgan fingerprint density at radius 3 is 2.58 bits per heavy atom. The van der Waals surface area contributed by atoms with Gasteiger partial charge in [-0.2, -0.15) is 5.10 Å². The topological polar surface area (TPSA) is 80.4 Å². The molecule has 0 spiro atoms. The van der Waals surface area contributed by atoms with Crippen molar-refractivity contribution in [2.75, 3.05) is 7.11 Å². The molecule has 4 aromatic rings. The highest BCUT2D eigenvalue weighted by atomic mass is 19.1. The molecule has 0 aliphatic heterocycles. The first-order valence-electron chi connectivity index (χ1n) is 8.00. The Morgan fingerprint density at radius 1 is 1.12 bits per heavy atom. The lowest BCUT2D eigenvalue weighted by Crippen LogP contribution is -2.31. The zero-order chi connectivity index (χ0) is 18.3. The summed E-state index contributed by atoms with van der Waals surface area (Å²) in [7, 11) is -0.154. The van der Waals surface area contributed by atoms with Crippen molar-refractivity contribution in [2.24, 2.45) is 0 Å². The fourth-order valence-electron chi connectivity index (χ4n) is 3.07. The van der Waals surface area contributed by atoms with Gasteiger partial charge >= 0.3 is 7.12 Å². The molecule has 8 heteroatoms. The van der Waals surface area contributed by atoms with E-state index in [-0.39, 0.29) is 5.46 Å². The first-order valence-corrected chi connectivity index (χ1v) is 8.00. The lowest BCUT2D eigenvalue weighted by Gasteiger charge is -2.09. The van der Waals surface area contributed by atoms with E-state index < -0.39 is 12.9 Å². The van der Waals surface area contributed by atoms with Crippen LogP contribution in [0.2, 0.25) is 0 Å². The predicted molar refractivity (Wildman–Crippen MR) is 96.9 cm³/mol. The molecule has 0 unspecified atom stereocenters. The van der Waals surface area contributed by atoms with Crippen LogP contribution in [0, 0.1) is 5.82 Å². The van der Waals surface area contributed by atoms with E-state index in [2.05, 4.69) is 10.1 Å². The Balaban J connectivity index is 1.86. The smallest absolute Gasteiger partial charge is 0.489 e. The Kier molecular flexibility index (Phi) is 4.06. The molecular formula is C18H15BFN3O3. The number of rotatable bonds is 4. The molecular weight excluding hydrogens is 336 g/mol. The summed E-state index contributed by atoms with van der Waals surface area (Å²) in [5.41, 5.74) is 2.16. The minimum absolute atomic E-state index is 0.200. The highest BCUT2D eigenvalue weighted by Gasteiger charge is 2.22. The van der Waals surface area contributed by atoms with Crippen LogP contribution in [0.4, 0.5) is 4.39 Å². The van der Waals surface area contributed by atoms with Gasteiger partial charge in [-0.05, 0) is 35.9 Å². The van der Waals surface area contributed by atoms with Crippen LogP contribution >= 0.6 is 0 Å². The molecule has 4 rings (SSSR count). The van der Waals surface area contributed by atoms with Crippen molar-refractivity contribution in [3.63, 3.8) is 0 Å². The van der Waals surface area contributed by atoms with Gasteiger partial charge in [0.15, 0.2) is 5.65 Å². The molecule has 2 N–H and O–H groups in total. The molecule has 26 heavy (non-hydrogen) atoms. The summed E-state index contributed by atoms with van der Waals surface area (Å²) >= 11 is 0. The molecule has 0 fully saturated rings. The van der Waals surface area contributed by atoms with E-state index in [9.17, 15) is 14.4 Å². The van der Waals surface area contributed by atoms with Gasteiger partial charge in [0.1, 0.15) is 11.6 Å². The van der Waals surface area contributed by atoms with E-state index in [1.54, 1.807) is 11.8 Å². The third-order valence-electron chi connectivity index (χ3n) is 4.33. The molecule has 0 aliphatic rings. The van der Waals surface area contributed by atoms with Gasteiger partial charge in [-0.25, -0.2) is 14.1 Å². The van der Waals surface area contributed by atoms with Crippen molar-refractivity contribution in [3.05, 3.63) is 60.0 Å². The van der Waals surface area contributed by atoms with Gasteiger partial charge in [0.05, 0.1) is 25.4 Å². The number of benzene rings is 2. The van der Waals surface area contributed by atoms with Gasteiger partial charge in [-0.1, -0.05) is 12.1 Å². The second kappa shape index (κ2) is 6.40. The van der Waals surface area contributed by atoms with Crippen molar-refractivity contribution in [3.8, 4) is 5.75 Å². The Bertz CT molecular complexity index is 1100. The van der Waals surface area contributed by atoms with E-state index in [0.29, 0.717) is 28.5 Å². The lowest BCUT2D eigenvalue weighted by molar-refractivity contribution is 0.414. The van der Waals surface area contributed by atoms with Crippen molar-refractivity contribution in [1.82, 2.24) is 14.8 Å². The number of fused-ring (bicyclic) bond motifs is 2. The molecule has 0 atom stereocenters. The minimum Gasteiger partial charge on any atom is -0.497 e. The van der Waals surface area contributed by atoms with Crippen LogP contribution < -0.4 is 10.2 Å². The Hall–Kier alpha value is -2.97. The van der Waals surface area contributed by atoms with Crippen LogP contribution in [0.3, 0.4) is 0 Å². The number of halogens is 1. The molecule has 0 aliphatic carbocycles. The van der Waals surface area contributed by atoms with Crippen LogP contribution in [0.5, 0.6) is 5.75 Å². The lowest BCUT2D eigenvalue weighted by atomic mass is 9.76. The molecule has 130 valence electrons. The summed E-state index contributed by atoms with van der Waals surface area (Å²) in [6.45, 7) is 0.453. The number of ether oxygens (including phenoxy) is 1. The normalized spacial score (nSPS) is 11.2. The van der Waals surface area contributed by atoms with Crippen molar-refractivity contribution in [2.45, 2.75) is 6.54 Å². The third kappa shape index (κ3) is 2.79. The average Bonchev–Trinajstić information content (AvgIpc) is 3.02. The minimum atomic E-state index is -1.76. The van der Waals surface area contributed by atoms with Gasteiger partial charge in [0.25, 0.3) is 0 Å². The van der Waals surface area contributed by atoms with Crippen LogP contribution in [-0.4, -0.2) is 39.0 Å². The molecule has 6 nitrogen and oxygen atoms in total. The summed E-state index contributed by atoms with van der Waals surface area (Å²) in [5.74, 6) is 0.294. The molecule has 2 aromatic carbocycles. The van der Waals surface area contributed by atoms with Gasteiger partial charge in [-0.15, -0.1) is 0 Å². The predicted octanol–water partition coefficient (Wildman–Crippen LogP) is 1.46. The molecule has 0 amide bonds. The standard InChI is InChI=1S/C18H15BFN3O3/c1-26-13-5-2-11(3-6-13)10-23-18-15(9-21-23)17(19(24)25)14-8-12(20)4-7-16(14)22-18/h2-9,24-25H,10H2,1H3. The molecule has 0 bridgehead atoms. The van der Waals surface area contributed by atoms with Gasteiger partial charge in [0.2, 0.25) is 0 Å². The van der Waals surface area contributed by atoms with Gasteiger partial charge in [-0.3, -0.25) is 0 Å². The van der Waals surface area contributed by atoms with Crippen LogP contribution in [0.15, 0.2) is 48.7 Å². The maximum absolute atomic E-state index is 13.6. The molecule has 0 saturated carbocycles. The number of aromatic nitrogens is 3. The Labute approximate surface area is 148 Å². The fraction of sp³-hybridized carbons (Fsp3) is 0.111. The van der Waals surface area contributed by atoms with E-state index in [1.165, 1.54) is 24.4 Å². The quantitative estimate of drug-likeness (QED) is 0.544. The van der Waals surface area contributed by atoms with Crippen molar-refractivity contribution in [1.29, 1.82) is 0 Å². The molecule has 2 heterocycles. The number of nitrogens with zero attached hydrogens (tertiary/aromatic N) is 3. The SMILES string of the molecule is COc1ccc(Cn2ncc3c(B(O)O)c4cc(F)ccc4nc32)cc1. The summed E-state index contributed by atoms with van der Waals surface area (Å²) < 4.78 is 20.4. The third-order valence-corrected chi connectivity index (χ3v) is 4.33. The molecule has 0 saturated heterocycles. The fourth-order valence-corrected chi connectivity index (χ4v) is 3.07. The average molecular weight is 351 g/mol. The first kappa shape index (κ1) is 16.5. The van der Waals surface area contributed by atoms with E-state index >= 15 is 0 Å². The molecule has 2 aromatic heterocycles. The zero-order valence-corrected chi connectivity index (χ0v) is 13.9. The summed E-state index contributed by atoms with van der Waals surface area (Å²) in [4.78, 5) is 4.54. The highest BCUT2D eigenvalue weighted by molar-refractivity contribution is 6.65. The van der Waals surface area contributed by atoms with Gasteiger partial charge in [0, 0.05) is 16.2 Å². The van der Waals surface area contributed by atoms with Crippen molar-refractivity contribution < 1.29 is 19.2 Å². The summed E-state index contributed by atoms with van der Waals surface area (Å²) in [6.07, 6.45) is 1.52. The maximum atomic E-state index is 13.6. The maximum Gasteiger partial charge on any atom is 0.489 e. The first-order chi connectivity index (χ1) is 12.6. The number of hydrogen-bond donors (Lipinski definition) is 2. The van der Waals surface area contributed by atoms with Crippen molar-refractivity contribution >= 4 is 34.5 Å². The second-order valence-electron chi connectivity index (χ2n) is 5.95. The Morgan fingerprint density at radius 2 is 1.88 bits per heavy atom. The zero-order valence-electron chi connectivity index (χ0n) is 13.9. The van der Waals surface area contributed by atoms with E-state index in [1.807, 2.05) is 24.3 Å². The van der Waals surface area contributed by atoms with Crippen LogP contribution in [0.1, 0.15) is 5.56 Å².